The molecule has 1 aromatic heterocycles. The number of hydrogen-bond donors (Lipinski definition) is 1. The number of nitrogens with one attached hydrogen (secondary N) is 1. The van der Waals surface area contributed by atoms with Gasteiger partial charge >= 0.3 is 0 Å². The van der Waals surface area contributed by atoms with Crippen molar-refractivity contribution in [2.45, 2.75) is 6.54 Å². The average Bonchev–Trinajstić information content (AvgIpc) is 3.07. The molecular weight excluding hydrogens is 333 g/mol. The van der Waals surface area contributed by atoms with Gasteiger partial charge in [0.25, 0.3) is 0 Å². The van der Waals surface area contributed by atoms with Crippen LogP contribution in [0.5, 0.6) is 11.5 Å². The SMILES string of the molecule is CNCc1ccc(-c2ccoc2)cc1Oc1ccc(Cl)c(Cl)c1. The van der Waals surface area contributed by atoms with Gasteiger partial charge in [-0.05, 0) is 36.9 Å². The van der Waals surface area contributed by atoms with Crippen LogP contribution in [0.15, 0.2) is 59.4 Å². The molecule has 2 aromatic carbocycles. The highest BCUT2D eigenvalue weighted by Crippen LogP contribution is 2.33. The van der Waals surface area contributed by atoms with Gasteiger partial charge in [-0.25, -0.2) is 0 Å². The average molecular weight is 348 g/mol. The standard InChI is InChI=1S/C18H15Cl2NO2/c1-21-10-13-3-2-12(14-6-7-22-11-14)8-18(13)23-15-4-5-16(19)17(20)9-15/h2-9,11,21H,10H2,1H3. The lowest BCUT2D eigenvalue weighted by molar-refractivity contribution is 0.474. The van der Waals surface area contributed by atoms with E-state index in [0.717, 1.165) is 22.4 Å². The minimum absolute atomic E-state index is 0.463. The summed E-state index contributed by atoms with van der Waals surface area (Å²) in [5.74, 6) is 1.40. The minimum atomic E-state index is 0.463. The molecular formula is C18H15Cl2NO2. The van der Waals surface area contributed by atoms with Crippen LogP contribution in [0.3, 0.4) is 0 Å². The predicted octanol–water partition coefficient (Wildman–Crippen LogP) is 5.77. The van der Waals surface area contributed by atoms with Crippen LogP contribution >= 0.6 is 23.2 Å². The van der Waals surface area contributed by atoms with Gasteiger partial charge in [0.05, 0.1) is 22.6 Å². The number of furan rings is 1. The second-order valence-corrected chi connectivity index (χ2v) is 5.86. The van der Waals surface area contributed by atoms with Crippen molar-refractivity contribution < 1.29 is 9.15 Å². The van der Waals surface area contributed by atoms with Crippen molar-refractivity contribution in [1.82, 2.24) is 5.32 Å². The maximum absolute atomic E-state index is 6.06. The van der Waals surface area contributed by atoms with Crippen molar-refractivity contribution in [2.24, 2.45) is 0 Å². The van der Waals surface area contributed by atoms with E-state index in [2.05, 4.69) is 5.32 Å². The zero-order valence-corrected chi connectivity index (χ0v) is 14.0. The highest BCUT2D eigenvalue weighted by atomic mass is 35.5. The molecule has 3 aromatic rings. The Morgan fingerprint density at radius 1 is 1.00 bits per heavy atom. The van der Waals surface area contributed by atoms with Gasteiger partial charge in [-0.1, -0.05) is 35.3 Å². The van der Waals surface area contributed by atoms with E-state index < -0.39 is 0 Å². The first-order chi connectivity index (χ1) is 11.2. The molecule has 0 fully saturated rings. The molecule has 1 heterocycles. The summed E-state index contributed by atoms with van der Waals surface area (Å²) < 4.78 is 11.2. The molecule has 118 valence electrons. The van der Waals surface area contributed by atoms with E-state index in [-0.39, 0.29) is 0 Å². The number of rotatable bonds is 5. The van der Waals surface area contributed by atoms with Crippen LogP contribution in [0, 0.1) is 0 Å². The van der Waals surface area contributed by atoms with Crippen LogP contribution in [-0.4, -0.2) is 7.05 Å². The molecule has 0 atom stereocenters. The van der Waals surface area contributed by atoms with Gasteiger partial charge in [-0.3, -0.25) is 0 Å². The number of hydrogen-bond acceptors (Lipinski definition) is 3. The smallest absolute Gasteiger partial charge is 0.132 e. The molecule has 0 bridgehead atoms. The van der Waals surface area contributed by atoms with E-state index in [9.17, 15) is 0 Å². The summed E-state index contributed by atoms with van der Waals surface area (Å²) in [5.41, 5.74) is 3.07. The van der Waals surface area contributed by atoms with E-state index in [0.29, 0.717) is 22.3 Å². The van der Waals surface area contributed by atoms with Crippen LogP contribution in [-0.2, 0) is 6.54 Å². The third-order valence-electron chi connectivity index (χ3n) is 3.41. The van der Waals surface area contributed by atoms with Crippen molar-refractivity contribution in [2.75, 3.05) is 7.05 Å². The summed E-state index contributed by atoms with van der Waals surface area (Å²) in [7, 11) is 1.90. The fraction of sp³-hybridized carbons (Fsp3) is 0.111. The zero-order chi connectivity index (χ0) is 16.2. The van der Waals surface area contributed by atoms with Gasteiger partial charge in [0.15, 0.2) is 0 Å². The Balaban J connectivity index is 1.97. The van der Waals surface area contributed by atoms with E-state index in [4.69, 9.17) is 32.4 Å². The van der Waals surface area contributed by atoms with Gasteiger partial charge in [0.1, 0.15) is 11.5 Å². The largest absolute Gasteiger partial charge is 0.472 e. The fourth-order valence-electron chi connectivity index (χ4n) is 2.26. The van der Waals surface area contributed by atoms with Crippen LogP contribution in [0.25, 0.3) is 11.1 Å². The Morgan fingerprint density at radius 2 is 1.87 bits per heavy atom. The van der Waals surface area contributed by atoms with Crippen LogP contribution in [0.4, 0.5) is 0 Å². The lowest BCUT2D eigenvalue weighted by atomic mass is 10.1. The lowest BCUT2D eigenvalue weighted by Crippen LogP contribution is -2.06. The molecule has 0 aliphatic rings. The molecule has 0 radical (unpaired) electrons. The Labute approximate surface area is 144 Å². The summed E-state index contributed by atoms with van der Waals surface area (Å²) in [4.78, 5) is 0. The molecule has 0 aliphatic carbocycles. The van der Waals surface area contributed by atoms with E-state index in [1.807, 2.05) is 31.3 Å². The topological polar surface area (TPSA) is 34.4 Å². The van der Waals surface area contributed by atoms with E-state index in [1.165, 1.54) is 0 Å². The first-order valence-corrected chi connectivity index (χ1v) is 7.86. The second kappa shape index (κ2) is 7.09. The van der Waals surface area contributed by atoms with Crippen molar-refractivity contribution in [3.05, 3.63) is 70.6 Å². The van der Waals surface area contributed by atoms with Crippen molar-refractivity contribution in [1.29, 1.82) is 0 Å². The summed E-state index contributed by atoms with van der Waals surface area (Å²) in [5, 5.41) is 4.10. The van der Waals surface area contributed by atoms with Gasteiger partial charge in [-0.15, -0.1) is 0 Å². The Hall–Kier alpha value is -1.94. The van der Waals surface area contributed by atoms with Crippen molar-refractivity contribution >= 4 is 23.2 Å². The molecule has 3 rings (SSSR count). The normalized spacial score (nSPS) is 10.7. The van der Waals surface area contributed by atoms with Gasteiger partial charge < -0.3 is 14.5 Å². The lowest BCUT2D eigenvalue weighted by Gasteiger charge is -2.13. The Morgan fingerprint density at radius 3 is 2.57 bits per heavy atom. The third-order valence-corrected chi connectivity index (χ3v) is 4.15. The quantitative estimate of drug-likeness (QED) is 0.636. The van der Waals surface area contributed by atoms with Crippen LogP contribution in [0.1, 0.15) is 5.56 Å². The maximum Gasteiger partial charge on any atom is 0.132 e. The zero-order valence-electron chi connectivity index (χ0n) is 12.5. The van der Waals surface area contributed by atoms with Crippen LogP contribution < -0.4 is 10.1 Å². The molecule has 23 heavy (non-hydrogen) atoms. The molecule has 0 spiro atoms. The molecule has 5 heteroatoms. The van der Waals surface area contributed by atoms with Gasteiger partial charge in [0, 0.05) is 23.7 Å². The Bertz CT molecular complexity index is 801. The molecule has 3 nitrogen and oxygen atoms in total. The molecule has 0 aliphatic heterocycles. The predicted molar refractivity (Wildman–Crippen MR) is 93.4 cm³/mol. The van der Waals surface area contributed by atoms with Crippen LogP contribution in [0.2, 0.25) is 10.0 Å². The van der Waals surface area contributed by atoms with Crippen molar-refractivity contribution in [3.8, 4) is 22.6 Å². The summed E-state index contributed by atoms with van der Waals surface area (Å²) in [6.07, 6.45) is 3.35. The van der Waals surface area contributed by atoms with Gasteiger partial charge in [0.2, 0.25) is 0 Å². The number of ether oxygens (including phenoxy) is 1. The van der Waals surface area contributed by atoms with E-state index in [1.54, 1.807) is 30.7 Å². The first-order valence-electron chi connectivity index (χ1n) is 7.10. The van der Waals surface area contributed by atoms with Gasteiger partial charge in [-0.2, -0.15) is 0 Å². The second-order valence-electron chi connectivity index (χ2n) is 5.04. The minimum Gasteiger partial charge on any atom is -0.472 e. The monoisotopic (exact) mass is 347 g/mol. The highest BCUT2D eigenvalue weighted by Gasteiger charge is 2.09. The summed E-state index contributed by atoms with van der Waals surface area (Å²) in [6, 6.07) is 13.2. The highest BCUT2D eigenvalue weighted by molar-refractivity contribution is 6.42. The molecule has 0 amide bonds. The summed E-state index contributed by atoms with van der Waals surface area (Å²) >= 11 is 12.0. The molecule has 0 unspecified atom stereocenters. The molecule has 1 N–H and O–H groups in total. The van der Waals surface area contributed by atoms with Crippen molar-refractivity contribution in [3.63, 3.8) is 0 Å². The third kappa shape index (κ3) is 3.70. The number of halogens is 2. The Kier molecular flexibility index (Phi) is 4.91. The maximum atomic E-state index is 6.06. The summed E-state index contributed by atoms with van der Waals surface area (Å²) in [6.45, 7) is 0.697. The number of benzene rings is 2. The van der Waals surface area contributed by atoms with E-state index >= 15 is 0 Å². The first kappa shape index (κ1) is 15.9. The molecule has 0 saturated carbocycles. The molecule has 0 saturated heterocycles. The fourth-order valence-corrected chi connectivity index (χ4v) is 2.55.